The number of rotatable bonds is 7. The molecular formula is C19H20F2O3. The lowest BCUT2D eigenvalue weighted by atomic mass is 10.0. The number of ether oxygens (including phenoxy) is 2. The number of aliphatic hydroxyl groups is 1. The summed E-state index contributed by atoms with van der Waals surface area (Å²) in [5.74, 6) is -4.35. The SMILES string of the molecule is COc1ccc(C(O)[C@H]2[C@@H](COCc3ccccc3)C2(F)F)cc1. The Bertz CT molecular complexity index is 658. The van der Waals surface area contributed by atoms with Crippen LogP contribution in [0.5, 0.6) is 5.75 Å². The van der Waals surface area contributed by atoms with E-state index in [2.05, 4.69) is 0 Å². The highest BCUT2D eigenvalue weighted by atomic mass is 19.3. The van der Waals surface area contributed by atoms with E-state index in [1.165, 1.54) is 7.11 Å². The van der Waals surface area contributed by atoms with Crippen LogP contribution in [-0.2, 0) is 11.3 Å². The molecule has 0 bridgehead atoms. The topological polar surface area (TPSA) is 38.7 Å². The third-order valence-electron chi connectivity index (χ3n) is 4.47. The third-order valence-corrected chi connectivity index (χ3v) is 4.47. The molecular weight excluding hydrogens is 314 g/mol. The molecule has 3 atom stereocenters. The minimum absolute atomic E-state index is 0.0697. The van der Waals surface area contributed by atoms with Crippen molar-refractivity contribution in [2.45, 2.75) is 18.6 Å². The molecule has 0 aromatic heterocycles. The Morgan fingerprint density at radius 3 is 2.38 bits per heavy atom. The van der Waals surface area contributed by atoms with Gasteiger partial charge in [0.2, 0.25) is 0 Å². The number of alkyl halides is 2. The Morgan fingerprint density at radius 1 is 1.08 bits per heavy atom. The highest BCUT2D eigenvalue weighted by molar-refractivity contribution is 5.30. The molecule has 2 aromatic carbocycles. The zero-order valence-electron chi connectivity index (χ0n) is 13.4. The van der Waals surface area contributed by atoms with Gasteiger partial charge in [0.05, 0.1) is 38.3 Å². The zero-order chi connectivity index (χ0) is 17.2. The van der Waals surface area contributed by atoms with Crippen LogP contribution in [0.3, 0.4) is 0 Å². The lowest BCUT2D eigenvalue weighted by Gasteiger charge is -2.11. The molecule has 0 heterocycles. The summed E-state index contributed by atoms with van der Waals surface area (Å²) >= 11 is 0. The van der Waals surface area contributed by atoms with Gasteiger partial charge in [0.15, 0.2) is 0 Å². The Kier molecular flexibility index (Phi) is 4.83. The van der Waals surface area contributed by atoms with Crippen LogP contribution in [0, 0.1) is 11.8 Å². The van der Waals surface area contributed by atoms with Gasteiger partial charge in [0.25, 0.3) is 5.92 Å². The normalized spacial score (nSPS) is 22.8. The molecule has 0 spiro atoms. The third kappa shape index (κ3) is 3.42. The van der Waals surface area contributed by atoms with Crippen LogP contribution in [0.2, 0.25) is 0 Å². The summed E-state index contributed by atoms with van der Waals surface area (Å²) in [7, 11) is 1.53. The first-order valence-electron chi connectivity index (χ1n) is 7.85. The van der Waals surface area contributed by atoms with Crippen molar-refractivity contribution in [3.8, 4) is 5.75 Å². The van der Waals surface area contributed by atoms with Gasteiger partial charge in [-0.2, -0.15) is 0 Å². The van der Waals surface area contributed by atoms with Gasteiger partial charge in [-0.15, -0.1) is 0 Å². The summed E-state index contributed by atoms with van der Waals surface area (Å²) in [6, 6.07) is 15.9. The molecule has 0 saturated heterocycles. The molecule has 1 fully saturated rings. The fourth-order valence-corrected chi connectivity index (χ4v) is 2.95. The molecule has 1 aliphatic carbocycles. The minimum Gasteiger partial charge on any atom is -0.497 e. The summed E-state index contributed by atoms with van der Waals surface area (Å²) < 4.78 is 38.5. The van der Waals surface area contributed by atoms with E-state index in [1.807, 2.05) is 30.3 Å². The van der Waals surface area contributed by atoms with Crippen LogP contribution in [0.4, 0.5) is 8.78 Å². The minimum atomic E-state index is -2.91. The fraction of sp³-hybridized carbons (Fsp3) is 0.368. The molecule has 0 aliphatic heterocycles. The highest BCUT2D eigenvalue weighted by Crippen LogP contribution is 2.60. The van der Waals surface area contributed by atoms with Crippen molar-refractivity contribution in [3.05, 3.63) is 65.7 Å². The Morgan fingerprint density at radius 2 is 1.75 bits per heavy atom. The quantitative estimate of drug-likeness (QED) is 0.836. The summed E-state index contributed by atoms with van der Waals surface area (Å²) in [6.45, 7) is 0.221. The van der Waals surface area contributed by atoms with Crippen molar-refractivity contribution >= 4 is 0 Å². The number of aliphatic hydroxyl groups excluding tert-OH is 1. The largest absolute Gasteiger partial charge is 0.497 e. The number of methoxy groups -OCH3 is 1. The van der Waals surface area contributed by atoms with E-state index in [9.17, 15) is 13.9 Å². The van der Waals surface area contributed by atoms with Crippen LogP contribution in [0.15, 0.2) is 54.6 Å². The smallest absolute Gasteiger partial charge is 0.259 e. The number of benzene rings is 2. The van der Waals surface area contributed by atoms with Crippen LogP contribution >= 0.6 is 0 Å². The Hall–Kier alpha value is -1.98. The van der Waals surface area contributed by atoms with Crippen molar-refractivity contribution in [2.24, 2.45) is 11.8 Å². The van der Waals surface area contributed by atoms with Gasteiger partial charge in [-0.05, 0) is 23.3 Å². The van der Waals surface area contributed by atoms with Gasteiger partial charge in [-0.3, -0.25) is 0 Å². The summed E-state index contributed by atoms with van der Waals surface area (Å²) in [6.07, 6.45) is -1.21. The molecule has 1 aliphatic rings. The highest BCUT2D eigenvalue weighted by Gasteiger charge is 2.70. The molecule has 128 valence electrons. The van der Waals surface area contributed by atoms with E-state index in [1.54, 1.807) is 24.3 Å². The maximum atomic E-state index is 14.0. The maximum Gasteiger partial charge on any atom is 0.259 e. The summed E-state index contributed by atoms with van der Waals surface area (Å²) in [5, 5.41) is 10.3. The molecule has 1 N–H and O–H groups in total. The van der Waals surface area contributed by atoms with E-state index in [4.69, 9.17) is 9.47 Å². The van der Waals surface area contributed by atoms with Gasteiger partial charge in [-0.25, -0.2) is 8.78 Å². The lowest BCUT2D eigenvalue weighted by molar-refractivity contribution is 0.0336. The van der Waals surface area contributed by atoms with E-state index in [0.717, 1.165) is 5.56 Å². The average molecular weight is 334 g/mol. The summed E-state index contributed by atoms with van der Waals surface area (Å²) in [5.41, 5.74) is 1.40. The average Bonchev–Trinajstić information content (AvgIpc) is 3.16. The molecule has 5 heteroatoms. The lowest BCUT2D eigenvalue weighted by Crippen LogP contribution is -2.06. The van der Waals surface area contributed by atoms with Crippen molar-refractivity contribution < 1.29 is 23.4 Å². The second kappa shape index (κ2) is 6.87. The van der Waals surface area contributed by atoms with Gasteiger partial charge < -0.3 is 14.6 Å². The standard InChI is InChI=1S/C19H20F2O3/c1-23-15-9-7-14(8-10-15)18(22)17-16(19(17,20)21)12-24-11-13-5-3-2-4-6-13/h2-10,16-18,22H,11-12H2,1H3/t16-,17-,18?/m1/s1. The molecule has 0 radical (unpaired) electrons. The van der Waals surface area contributed by atoms with Crippen molar-refractivity contribution in [1.82, 2.24) is 0 Å². The predicted molar refractivity (Wildman–Crippen MR) is 86.0 cm³/mol. The second-order valence-corrected chi connectivity index (χ2v) is 6.03. The predicted octanol–water partition coefficient (Wildman–Crippen LogP) is 3.83. The summed E-state index contributed by atoms with van der Waals surface area (Å²) in [4.78, 5) is 0. The molecule has 24 heavy (non-hydrogen) atoms. The molecule has 0 amide bonds. The number of hydrogen-bond donors (Lipinski definition) is 1. The van der Waals surface area contributed by atoms with Gasteiger partial charge >= 0.3 is 0 Å². The van der Waals surface area contributed by atoms with Gasteiger partial charge in [-0.1, -0.05) is 42.5 Å². The second-order valence-electron chi connectivity index (χ2n) is 6.03. The van der Waals surface area contributed by atoms with E-state index >= 15 is 0 Å². The first kappa shape index (κ1) is 16.9. The number of hydrogen-bond acceptors (Lipinski definition) is 3. The number of halogens is 2. The van der Waals surface area contributed by atoms with Gasteiger partial charge in [0, 0.05) is 0 Å². The monoisotopic (exact) mass is 334 g/mol. The first-order valence-corrected chi connectivity index (χ1v) is 7.85. The van der Waals surface area contributed by atoms with E-state index in [0.29, 0.717) is 17.9 Å². The van der Waals surface area contributed by atoms with Crippen LogP contribution in [0.1, 0.15) is 17.2 Å². The fourth-order valence-electron chi connectivity index (χ4n) is 2.95. The molecule has 3 rings (SSSR count). The van der Waals surface area contributed by atoms with Crippen LogP contribution < -0.4 is 4.74 Å². The molecule has 3 nitrogen and oxygen atoms in total. The van der Waals surface area contributed by atoms with Crippen molar-refractivity contribution in [3.63, 3.8) is 0 Å². The van der Waals surface area contributed by atoms with Gasteiger partial charge in [0.1, 0.15) is 5.75 Å². The molecule has 1 unspecified atom stereocenters. The van der Waals surface area contributed by atoms with E-state index < -0.39 is 23.9 Å². The Balaban J connectivity index is 1.57. The van der Waals surface area contributed by atoms with E-state index in [-0.39, 0.29) is 6.61 Å². The maximum absolute atomic E-state index is 14.0. The Labute approximate surface area is 139 Å². The van der Waals surface area contributed by atoms with Crippen LogP contribution in [0.25, 0.3) is 0 Å². The van der Waals surface area contributed by atoms with Crippen molar-refractivity contribution in [2.75, 3.05) is 13.7 Å². The van der Waals surface area contributed by atoms with Crippen molar-refractivity contribution in [1.29, 1.82) is 0 Å². The van der Waals surface area contributed by atoms with Crippen LogP contribution in [-0.4, -0.2) is 24.7 Å². The molecule has 2 aromatic rings. The molecule has 1 saturated carbocycles. The zero-order valence-corrected chi connectivity index (χ0v) is 13.4. The first-order chi connectivity index (χ1) is 11.5.